The van der Waals surface area contributed by atoms with Crippen LogP contribution in [-0.2, 0) is 4.79 Å². The van der Waals surface area contributed by atoms with E-state index in [9.17, 15) is 4.79 Å². The Hall–Kier alpha value is -2.44. The molecule has 0 spiro atoms. The molecule has 4 heterocycles. The van der Waals surface area contributed by atoms with Crippen molar-refractivity contribution in [3.63, 3.8) is 0 Å². The third kappa shape index (κ3) is 3.55. The molecule has 0 unspecified atom stereocenters. The second-order valence-corrected chi connectivity index (χ2v) is 8.01. The number of aromatic nitrogens is 3. The average molecular weight is 367 g/mol. The zero-order chi connectivity index (χ0) is 18.2. The molecule has 0 atom stereocenters. The lowest BCUT2D eigenvalue weighted by atomic mass is 9.96. The maximum Gasteiger partial charge on any atom is 0.259 e. The van der Waals surface area contributed by atoms with Gasteiger partial charge >= 0.3 is 0 Å². The largest absolute Gasteiger partial charge is 0.357 e. The van der Waals surface area contributed by atoms with Crippen LogP contribution in [0, 0.1) is 5.92 Å². The predicted molar refractivity (Wildman–Crippen MR) is 100 cm³/mol. The van der Waals surface area contributed by atoms with E-state index in [2.05, 4.69) is 20.0 Å². The Bertz CT molecular complexity index is 806. The monoisotopic (exact) mass is 367 g/mol. The molecule has 2 aliphatic heterocycles. The molecule has 1 amide bonds. The topological polar surface area (TPSA) is 75.4 Å². The van der Waals surface area contributed by atoms with E-state index in [1.165, 1.54) is 0 Å². The number of piperidine rings is 1. The average Bonchev–Trinajstić information content (AvgIpc) is 3.30. The zero-order valence-corrected chi connectivity index (χ0v) is 15.5. The molecule has 2 aromatic rings. The van der Waals surface area contributed by atoms with Gasteiger partial charge in [0.25, 0.3) is 5.89 Å². The summed E-state index contributed by atoms with van der Waals surface area (Å²) in [6.45, 7) is 3.86. The van der Waals surface area contributed by atoms with Gasteiger partial charge in [0.05, 0.1) is 5.56 Å². The molecule has 0 radical (unpaired) electrons. The predicted octanol–water partition coefficient (Wildman–Crippen LogP) is 2.85. The summed E-state index contributed by atoms with van der Waals surface area (Å²) in [5.41, 5.74) is 0.876. The minimum Gasteiger partial charge on any atom is -0.357 e. The van der Waals surface area contributed by atoms with Crippen molar-refractivity contribution in [1.82, 2.24) is 20.0 Å². The maximum atomic E-state index is 11.8. The van der Waals surface area contributed by atoms with E-state index >= 15 is 0 Å². The second-order valence-electron chi connectivity index (χ2n) is 8.01. The van der Waals surface area contributed by atoms with E-state index in [4.69, 9.17) is 4.52 Å². The van der Waals surface area contributed by atoms with Crippen LogP contribution in [0.2, 0.25) is 0 Å². The Morgan fingerprint density at radius 2 is 1.96 bits per heavy atom. The summed E-state index contributed by atoms with van der Waals surface area (Å²) in [5.74, 6) is 3.82. The summed E-state index contributed by atoms with van der Waals surface area (Å²) in [6.07, 6.45) is 8.14. The molecular formula is C20H25N5O2. The smallest absolute Gasteiger partial charge is 0.259 e. The Labute approximate surface area is 158 Å². The molecule has 0 N–H and O–H groups in total. The molecule has 142 valence electrons. The molecule has 0 bridgehead atoms. The van der Waals surface area contributed by atoms with E-state index in [0.717, 1.165) is 81.9 Å². The minimum absolute atomic E-state index is 0.334. The number of rotatable bonds is 5. The Morgan fingerprint density at radius 3 is 2.63 bits per heavy atom. The van der Waals surface area contributed by atoms with Gasteiger partial charge in [-0.15, -0.1) is 0 Å². The van der Waals surface area contributed by atoms with E-state index in [1.54, 1.807) is 0 Å². The number of nitrogens with zero attached hydrogens (tertiary/aromatic N) is 5. The van der Waals surface area contributed by atoms with Crippen LogP contribution in [0.3, 0.4) is 0 Å². The Kier molecular flexibility index (Phi) is 4.30. The fraction of sp³-hybridized carbons (Fsp3) is 0.600. The highest BCUT2D eigenvalue weighted by Gasteiger charge is 2.29. The van der Waals surface area contributed by atoms with E-state index in [1.807, 2.05) is 23.2 Å². The fourth-order valence-electron chi connectivity index (χ4n) is 4.11. The van der Waals surface area contributed by atoms with Gasteiger partial charge in [-0.25, -0.2) is 4.98 Å². The van der Waals surface area contributed by atoms with Crippen LogP contribution >= 0.6 is 0 Å². The number of carbonyl (C=O) groups is 1. The number of amides is 1. The first kappa shape index (κ1) is 16.7. The van der Waals surface area contributed by atoms with Gasteiger partial charge in [-0.05, 0) is 50.2 Å². The lowest BCUT2D eigenvalue weighted by Gasteiger charge is -2.34. The Balaban J connectivity index is 1.18. The third-order valence-electron chi connectivity index (χ3n) is 5.97. The fourth-order valence-corrected chi connectivity index (χ4v) is 4.11. The van der Waals surface area contributed by atoms with Crippen molar-refractivity contribution in [1.29, 1.82) is 0 Å². The van der Waals surface area contributed by atoms with Crippen molar-refractivity contribution >= 4 is 11.7 Å². The maximum absolute atomic E-state index is 11.8. The molecule has 0 aromatic carbocycles. The van der Waals surface area contributed by atoms with Crippen molar-refractivity contribution in [3.05, 3.63) is 24.2 Å². The normalized spacial score (nSPS) is 21.3. The highest BCUT2D eigenvalue weighted by atomic mass is 16.5. The van der Waals surface area contributed by atoms with Crippen LogP contribution in [0.25, 0.3) is 11.5 Å². The number of pyridine rings is 1. The number of likely N-dealkylation sites (tertiary alicyclic amines) is 1. The van der Waals surface area contributed by atoms with Crippen LogP contribution in [0.5, 0.6) is 0 Å². The molecule has 1 saturated carbocycles. The quantitative estimate of drug-likeness (QED) is 0.809. The summed E-state index contributed by atoms with van der Waals surface area (Å²) in [6, 6.07) is 4.06. The Morgan fingerprint density at radius 1 is 1.11 bits per heavy atom. The standard InChI is InChI=1S/C20H25N5O2/c26-18-2-1-9-25(18)13-14-7-10-24(11-8-14)17-6-5-16(12-21-17)20-22-19(23-27-20)15-3-4-15/h5-6,12,14-15H,1-4,7-11,13H2. The summed E-state index contributed by atoms with van der Waals surface area (Å²) < 4.78 is 5.38. The summed E-state index contributed by atoms with van der Waals surface area (Å²) >= 11 is 0. The van der Waals surface area contributed by atoms with Gasteiger partial charge in [0, 0.05) is 44.7 Å². The van der Waals surface area contributed by atoms with Crippen molar-refractivity contribution in [2.45, 2.75) is 44.4 Å². The first-order valence-corrected chi connectivity index (χ1v) is 10.1. The number of anilines is 1. The molecule has 5 rings (SSSR count). The van der Waals surface area contributed by atoms with Crippen molar-refractivity contribution < 1.29 is 9.32 Å². The van der Waals surface area contributed by atoms with Crippen LogP contribution in [0.4, 0.5) is 5.82 Å². The molecular weight excluding hydrogens is 342 g/mol. The molecule has 7 heteroatoms. The lowest BCUT2D eigenvalue weighted by molar-refractivity contribution is -0.128. The molecule has 7 nitrogen and oxygen atoms in total. The van der Waals surface area contributed by atoms with Gasteiger partial charge in [0.2, 0.25) is 5.91 Å². The van der Waals surface area contributed by atoms with Gasteiger partial charge in [0.15, 0.2) is 5.82 Å². The van der Waals surface area contributed by atoms with Gasteiger partial charge in [-0.1, -0.05) is 5.16 Å². The summed E-state index contributed by atoms with van der Waals surface area (Å²) in [5, 5.41) is 4.07. The van der Waals surface area contributed by atoms with Crippen molar-refractivity contribution in [2.75, 3.05) is 31.1 Å². The lowest BCUT2D eigenvalue weighted by Crippen LogP contribution is -2.39. The third-order valence-corrected chi connectivity index (χ3v) is 5.97. The minimum atomic E-state index is 0.334. The van der Waals surface area contributed by atoms with Gasteiger partial charge < -0.3 is 14.3 Å². The molecule has 2 saturated heterocycles. The highest BCUT2D eigenvalue weighted by Crippen LogP contribution is 2.38. The summed E-state index contributed by atoms with van der Waals surface area (Å²) in [7, 11) is 0. The SMILES string of the molecule is O=C1CCCN1CC1CCN(c2ccc(-c3nc(C4CC4)no3)cn2)CC1. The van der Waals surface area contributed by atoms with Crippen LogP contribution in [0.15, 0.2) is 22.9 Å². The van der Waals surface area contributed by atoms with E-state index in [0.29, 0.717) is 23.6 Å². The molecule has 2 aromatic heterocycles. The number of hydrogen-bond donors (Lipinski definition) is 0. The van der Waals surface area contributed by atoms with Crippen LogP contribution < -0.4 is 4.90 Å². The summed E-state index contributed by atoms with van der Waals surface area (Å²) in [4.78, 5) is 25.3. The molecule has 3 aliphatic rings. The van der Waals surface area contributed by atoms with Crippen LogP contribution in [-0.4, -0.2) is 52.1 Å². The number of hydrogen-bond acceptors (Lipinski definition) is 6. The van der Waals surface area contributed by atoms with Crippen LogP contribution in [0.1, 0.15) is 50.3 Å². The van der Waals surface area contributed by atoms with Gasteiger partial charge in [0.1, 0.15) is 5.82 Å². The first-order valence-electron chi connectivity index (χ1n) is 10.1. The first-order chi connectivity index (χ1) is 13.3. The molecule has 3 fully saturated rings. The number of carbonyl (C=O) groups excluding carboxylic acids is 1. The van der Waals surface area contributed by atoms with Gasteiger partial charge in [-0.3, -0.25) is 4.79 Å². The van der Waals surface area contributed by atoms with E-state index in [-0.39, 0.29) is 0 Å². The molecule has 27 heavy (non-hydrogen) atoms. The molecule has 1 aliphatic carbocycles. The highest BCUT2D eigenvalue weighted by molar-refractivity contribution is 5.78. The van der Waals surface area contributed by atoms with Crippen molar-refractivity contribution in [3.8, 4) is 11.5 Å². The second kappa shape index (κ2) is 6.94. The van der Waals surface area contributed by atoms with Gasteiger partial charge in [-0.2, -0.15) is 4.98 Å². The van der Waals surface area contributed by atoms with E-state index < -0.39 is 0 Å². The van der Waals surface area contributed by atoms with Crippen molar-refractivity contribution in [2.24, 2.45) is 5.92 Å². The zero-order valence-electron chi connectivity index (χ0n) is 15.5.